The van der Waals surface area contributed by atoms with Crippen molar-refractivity contribution < 1.29 is 17.5 Å². The molecule has 5 heterocycles. The summed E-state index contributed by atoms with van der Waals surface area (Å²) in [7, 11) is -3.45. The predicted molar refractivity (Wildman–Crippen MR) is 168 cm³/mol. The number of rotatable bonds is 9. The molecule has 13 heteroatoms. The minimum Gasteiger partial charge on any atom is -0.487 e. The van der Waals surface area contributed by atoms with Gasteiger partial charge in [-0.05, 0) is 53.1 Å². The monoisotopic (exact) mass is 620 g/mol. The van der Waals surface area contributed by atoms with Crippen LogP contribution in [-0.4, -0.2) is 49.8 Å². The van der Waals surface area contributed by atoms with Crippen LogP contribution in [0.2, 0.25) is 0 Å². The number of ether oxygens (including phenoxy) is 1. The van der Waals surface area contributed by atoms with E-state index < -0.39 is 15.8 Å². The molecule has 3 N–H and O–H groups in total. The van der Waals surface area contributed by atoms with E-state index in [1.807, 2.05) is 42.5 Å². The van der Waals surface area contributed by atoms with Gasteiger partial charge in [0.05, 0.1) is 29.9 Å². The lowest BCUT2D eigenvalue weighted by Gasteiger charge is -2.08. The van der Waals surface area contributed by atoms with Gasteiger partial charge in [-0.25, -0.2) is 27.5 Å². The maximum Gasteiger partial charge on any atom is 0.209 e. The number of sulfonamides is 1. The summed E-state index contributed by atoms with van der Waals surface area (Å²) in [6.07, 6.45) is 7.74. The van der Waals surface area contributed by atoms with Crippen LogP contribution in [0.25, 0.3) is 56.0 Å². The first-order valence-electron chi connectivity index (χ1n) is 13.8. The molecular formula is C32H25FN8O3S. The second-order valence-corrected chi connectivity index (χ2v) is 12.3. The highest BCUT2D eigenvalue weighted by molar-refractivity contribution is 7.88. The minimum atomic E-state index is -3.45. The summed E-state index contributed by atoms with van der Waals surface area (Å²) in [4.78, 5) is 21.4. The molecule has 0 atom stereocenters. The fourth-order valence-electron chi connectivity index (χ4n) is 5.01. The van der Waals surface area contributed by atoms with Gasteiger partial charge in [0.2, 0.25) is 10.0 Å². The van der Waals surface area contributed by atoms with Gasteiger partial charge < -0.3 is 9.72 Å². The number of pyridine rings is 3. The second-order valence-electron chi connectivity index (χ2n) is 10.5. The van der Waals surface area contributed by atoms with Crippen LogP contribution < -0.4 is 9.46 Å². The van der Waals surface area contributed by atoms with E-state index in [1.165, 1.54) is 12.1 Å². The van der Waals surface area contributed by atoms with Crippen LogP contribution in [0.5, 0.6) is 5.75 Å². The Morgan fingerprint density at radius 2 is 1.80 bits per heavy atom. The number of fused-ring (bicyclic) bond motifs is 2. The Morgan fingerprint density at radius 3 is 2.64 bits per heavy atom. The lowest BCUT2D eigenvalue weighted by atomic mass is 10.0. The van der Waals surface area contributed by atoms with Crippen molar-refractivity contribution in [3.05, 3.63) is 108 Å². The van der Waals surface area contributed by atoms with Gasteiger partial charge in [0.1, 0.15) is 29.4 Å². The van der Waals surface area contributed by atoms with E-state index in [0.29, 0.717) is 62.9 Å². The third-order valence-corrected chi connectivity index (χ3v) is 7.79. The first-order valence-corrected chi connectivity index (χ1v) is 15.7. The van der Waals surface area contributed by atoms with Crippen molar-refractivity contribution >= 4 is 32.1 Å². The fourth-order valence-corrected chi connectivity index (χ4v) is 5.44. The molecule has 0 aliphatic heterocycles. The lowest BCUT2D eigenvalue weighted by Crippen LogP contribution is -2.21. The Labute approximate surface area is 256 Å². The number of benzene rings is 2. The van der Waals surface area contributed by atoms with Gasteiger partial charge in [0.25, 0.3) is 0 Å². The quantitative estimate of drug-likeness (QED) is 0.194. The first kappa shape index (κ1) is 28.3. The maximum atomic E-state index is 14.6. The van der Waals surface area contributed by atoms with Gasteiger partial charge in [-0.15, -0.1) is 0 Å². The molecule has 5 aromatic heterocycles. The molecule has 224 valence electrons. The fraction of sp³-hybridized carbons (Fsp3) is 0.0938. The van der Waals surface area contributed by atoms with E-state index in [4.69, 9.17) is 9.72 Å². The molecular weight excluding hydrogens is 595 g/mol. The highest BCUT2D eigenvalue weighted by Crippen LogP contribution is 2.33. The number of nitrogens with zero attached hydrogens (tertiary/aromatic N) is 5. The molecule has 0 aliphatic rings. The van der Waals surface area contributed by atoms with Crippen molar-refractivity contribution in [2.75, 3.05) is 6.26 Å². The summed E-state index contributed by atoms with van der Waals surface area (Å²) >= 11 is 0. The standard InChI is InChI=1S/C32H25FN8O3S/c1-45(42,43)37-14-20-9-21(11-23(33)10-20)25-7-8-35-31-29(25)38-32(39-31)30-26-13-27(36-17-28(26)40-41-30)22-12-24(16-34-15-22)44-18-19-5-3-2-4-6-19/h2-13,15-17,37H,14,18H2,1H3,(H,40,41)(H,35,38,39). The lowest BCUT2D eigenvalue weighted by molar-refractivity contribution is 0.305. The second kappa shape index (κ2) is 11.5. The van der Waals surface area contributed by atoms with Gasteiger partial charge in [-0.3, -0.25) is 15.1 Å². The average molecular weight is 621 g/mol. The molecule has 45 heavy (non-hydrogen) atoms. The summed E-state index contributed by atoms with van der Waals surface area (Å²) in [5, 5.41) is 8.28. The molecule has 0 radical (unpaired) electrons. The number of nitrogens with one attached hydrogen (secondary N) is 3. The number of H-pyrrole nitrogens is 2. The van der Waals surface area contributed by atoms with E-state index in [0.717, 1.165) is 22.8 Å². The van der Waals surface area contributed by atoms with Crippen LogP contribution in [0.4, 0.5) is 4.39 Å². The van der Waals surface area contributed by atoms with Crippen LogP contribution in [-0.2, 0) is 23.2 Å². The molecule has 7 rings (SSSR count). The molecule has 2 aromatic carbocycles. The molecule has 0 amide bonds. The van der Waals surface area contributed by atoms with Crippen molar-refractivity contribution in [1.82, 2.24) is 39.8 Å². The Balaban J connectivity index is 1.22. The third-order valence-electron chi connectivity index (χ3n) is 7.12. The molecule has 0 saturated heterocycles. The zero-order valence-electron chi connectivity index (χ0n) is 23.8. The average Bonchev–Trinajstić information content (AvgIpc) is 3.67. The van der Waals surface area contributed by atoms with E-state index in [1.54, 1.807) is 36.9 Å². The molecule has 0 bridgehead atoms. The molecule has 0 aliphatic carbocycles. The number of hydrogen-bond acceptors (Lipinski definition) is 8. The van der Waals surface area contributed by atoms with Crippen molar-refractivity contribution in [1.29, 1.82) is 0 Å². The van der Waals surface area contributed by atoms with Crippen LogP contribution in [0.15, 0.2) is 91.5 Å². The van der Waals surface area contributed by atoms with Crippen LogP contribution in [0.3, 0.4) is 0 Å². The van der Waals surface area contributed by atoms with Crippen LogP contribution in [0.1, 0.15) is 11.1 Å². The van der Waals surface area contributed by atoms with Crippen molar-refractivity contribution in [2.45, 2.75) is 13.2 Å². The summed E-state index contributed by atoms with van der Waals surface area (Å²) in [5.74, 6) is 0.580. The van der Waals surface area contributed by atoms with E-state index in [2.05, 4.69) is 34.9 Å². The topological polar surface area (TPSA) is 151 Å². The molecule has 0 saturated carbocycles. The van der Waals surface area contributed by atoms with Gasteiger partial charge >= 0.3 is 0 Å². The van der Waals surface area contributed by atoms with E-state index in [-0.39, 0.29) is 6.54 Å². The Morgan fingerprint density at radius 1 is 0.933 bits per heavy atom. The number of aromatic amines is 2. The molecule has 0 spiro atoms. The predicted octanol–water partition coefficient (Wildman–Crippen LogP) is 5.39. The van der Waals surface area contributed by atoms with Crippen LogP contribution >= 0.6 is 0 Å². The van der Waals surface area contributed by atoms with E-state index >= 15 is 0 Å². The molecule has 7 aromatic rings. The smallest absolute Gasteiger partial charge is 0.209 e. The molecule has 0 fully saturated rings. The van der Waals surface area contributed by atoms with E-state index in [9.17, 15) is 12.8 Å². The van der Waals surface area contributed by atoms with Crippen molar-refractivity contribution in [3.63, 3.8) is 0 Å². The summed E-state index contributed by atoms with van der Waals surface area (Å²) in [6, 6.07) is 19.8. The zero-order valence-corrected chi connectivity index (χ0v) is 24.6. The summed E-state index contributed by atoms with van der Waals surface area (Å²) < 4.78 is 46.1. The van der Waals surface area contributed by atoms with Gasteiger partial charge in [0, 0.05) is 35.5 Å². The maximum absolute atomic E-state index is 14.6. The third kappa shape index (κ3) is 6.12. The number of halogens is 1. The van der Waals surface area contributed by atoms with Gasteiger partial charge in [0.15, 0.2) is 11.5 Å². The summed E-state index contributed by atoms with van der Waals surface area (Å²) in [6.45, 7) is 0.373. The first-order chi connectivity index (χ1) is 21.8. The highest BCUT2D eigenvalue weighted by atomic mass is 32.2. The van der Waals surface area contributed by atoms with Crippen molar-refractivity contribution in [2.24, 2.45) is 0 Å². The summed E-state index contributed by atoms with van der Waals surface area (Å²) in [5.41, 5.74) is 6.39. The minimum absolute atomic E-state index is 0.0448. The Hall–Kier alpha value is -5.53. The Bertz CT molecular complexity index is 2290. The van der Waals surface area contributed by atoms with Crippen molar-refractivity contribution in [3.8, 4) is 39.7 Å². The highest BCUT2D eigenvalue weighted by Gasteiger charge is 2.18. The van der Waals surface area contributed by atoms with Gasteiger partial charge in [-0.2, -0.15) is 5.10 Å². The van der Waals surface area contributed by atoms with Gasteiger partial charge in [-0.1, -0.05) is 30.3 Å². The molecule has 11 nitrogen and oxygen atoms in total. The Kier molecular flexibility index (Phi) is 7.23. The number of hydrogen-bond donors (Lipinski definition) is 3. The van der Waals surface area contributed by atoms with Crippen LogP contribution in [0, 0.1) is 5.82 Å². The zero-order chi connectivity index (χ0) is 31.0. The number of aromatic nitrogens is 7. The largest absolute Gasteiger partial charge is 0.487 e. The number of imidazole rings is 1. The molecule has 0 unspecified atom stereocenters. The SMILES string of the molecule is CS(=O)(=O)NCc1cc(F)cc(-c2ccnc3[nH]c(-c4n[nH]c5cnc(-c6cncc(OCc7ccccc7)c6)cc45)nc23)c1. The normalized spacial score (nSPS) is 11.8.